The number of halogens is 2. The van der Waals surface area contributed by atoms with Crippen molar-refractivity contribution in [3.05, 3.63) is 33.8 Å². The number of hydrogen-bond donors (Lipinski definition) is 0. The van der Waals surface area contributed by atoms with Gasteiger partial charge in [-0.2, -0.15) is 0 Å². The Morgan fingerprint density at radius 1 is 1.22 bits per heavy atom. The Bertz CT molecular complexity index is 688. The number of carbonyl (C=O) groups is 2. The summed E-state index contributed by atoms with van der Waals surface area (Å²) in [6.07, 6.45) is 2.02. The van der Waals surface area contributed by atoms with Crippen molar-refractivity contribution in [2.75, 3.05) is 13.1 Å². The van der Waals surface area contributed by atoms with Crippen molar-refractivity contribution in [1.82, 2.24) is 9.80 Å². The lowest BCUT2D eigenvalue weighted by Crippen LogP contribution is -2.53. The van der Waals surface area contributed by atoms with Crippen LogP contribution in [-0.4, -0.2) is 46.5 Å². The van der Waals surface area contributed by atoms with E-state index < -0.39 is 17.7 Å². The Balaban J connectivity index is 2.14. The number of likely N-dealkylation sites (N-methyl/N-ethyl adjacent to an activating group) is 1. The molecule has 1 aromatic carbocycles. The molecule has 1 heterocycles. The molecule has 1 aromatic rings. The molecule has 0 aromatic heterocycles. The quantitative estimate of drug-likeness (QED) is 0.685. The molecule has 5 nitrogen and oxygen atoms in total. The van der Waals surface area contributed by atoms with E-state index in [0.29, 0.717) is 36.1 Å². The lowest BCUT2D eigenvalue weighted by Gasteiger charge is -2.38. The molecule has 1 aliphatic heterocycles. The first-order valence-corrected chi connectivity index (χ1v) is 10.1. The van der Waals surface area contributed by atoms with Gasteiger partial charge in [0.05, 0.1) is 10.0 Å². The summed E-state index contributed by atoms with van der Waals surface area (Å²) in [6.45, 7) is 8.91. The lowest BCUT2D eigenvalue weighted by atomic mass is 10.0. The molecule has 0 N–H and O–H groups in total. The minimum Gasteiger partial charge on any atom is -0.444 e. The number of hydrogen-bond acceptors (Lipinski definition) is 3. The van der Waals surface area contributed by atoms with Gasteiger partial charge >= 0.3 is 6.09 Å². The van der Waals surface area contributed by atoms with E-state index in [2.05, 4.69) is 0 Å². The van der Waals surface area contributed by atoms with Gasteiger partial charge in [0.15, 0.2) is 0 Å². The standard InChI is InChI=1S/C20H28Cl2N2O3/c1-5-23(13-14-9-10-15(21)16(22)12-14)18(25)17-8-6-7-11-24(17)19(26)27-20(2,3)4/h9-10,12,17H,5-8,11,13H2,1-4H3/t17-/m1/s1. The van der Waals surface area contributed by atoms with Crippen LogP contribution < -0.4 is 0 Å². The number of ether oxygens (including phenoxy) is 1. The predicted octanol–water partition coefficient (Wildman–Crippen LogP) is 5.13. The third-order valence-electron chi connectivity index (χ3n) is 4.47. The minimum atomic E-state index is -0.591. The van der Waals surface area contributed by atoms with Crippen LogP contribution in [0.15, 0.2) is 18.2 Å². The van der Waals surface area contributed by atoms with Crippen molar-refractivity contribution >= 4 is 35.2 Å². The zero-order valence-electron chi connectivity index (χ0n) is 16.4. The van der Waals surface area contributed by atoms with E-state index >= 15 is 0 Å². The van der Waals surface area contributed by atoms with E-state index in [0.717, 1.165) is 18.4 Å². The second kappa shape index (κ2) is 9.16. The Hall–Kier alpha value is -1.46. The number of piperidine rings is 1. The predicted molar refractivity (Wildman–Crippen MR) is 108 cm³/mol. The van der Waals surface area contributed by atoms with Gasteiger partial charge in [-0.3, -0.25) is 9.69 Å². The zero-order chi connectivity index (χ0) is 20.2. The van der Waals surface area contributed by atoms with Crippen molar-refractivity contribution in [3.63, 3.8) is 0 Å². The number of amides is 2. The van der Waals surface area contributed by atoms with Gasteiger partial charge < -0.3 is 9.64 Å². The molecule has 1 aliphatic rings. The number of benzene rings is 1. The van der Waals surface area contributed by atoms with Crippen molar-refractivity contribution in [2.45, 2.75) is 65.1 Å². The molecular formula is C20H28Cl2N2O3. The first-order chi connectivity index (χ1) is 12.6. The Labute approximate surface area is 171 Å². The van der Waals surface area contributed by atoms with Crippen LogP contribution in [0, 0.1) is 0 Å². The van der Waals surface area contributed by atoms with Gasteiger partial charge in [-0.25, -0.2) is 4.79 Å². The van der Waals surface area contributed by atoms with E-state index in [1.165, 1.54) is 0 Å². The molecule has 0 saturated carbocycles. The Kier molecular flexibility index (Phi) is 7.40. The molecule has 2 amide bonds. The van der Waals surface area contributed by atoms with Gasteiger partial charge in [-0.15, -0.1) is 0 Å². The molecule has 0 spiro atoms. The van der Waals surface area contributed by atoms with Crippen LogP contribution in [-0.2, 0) is 16.1 Å². The maximum absolute atomic E-state index is 13.2. The van der Waals surface area contributed by atoms with Gasteiger partial charge in [0, 0.05) is 19.6 Å². The molecule has 27 heavy (non-hydrogen) atoms. The highest BCUT2D eigenvalue weighted by atomic mass is 35.5. The first kappa shape index (κ1) is 21.8. The van der Waals surface area contributed by atoms with Gasteiger partial charge in [-0.05, 0) is 64.7 Å². The Morgan fingerprint density at radius 2 is 1.93 bits per heavy atom. The van der Waals surface area contributed by atoms with Crippen LogP contribution in [0.2, 0.25) is 10.0 Å². The average molecular weight is 415 g/mol. The lowest BCUT2D eigenvalue weighted by molar-refractivity contribution is -0.138. The SMILES string of the molecule is CCN(Cc1ccc(Cl)c(Cl)c1)C(=O)[C@H]1CCCCN1C(=O)OC(C)(C)C. The highest BCUT2D eigenvalue weighted by molar-refractivity contribution is 6.42. The summed E-state index contributed by atoms with van der Waals surface area (Å²) < 4.78 is 5.50. The van der Waals surface area contributed by atoms with Crippen LogP contribution in [0.25, 0.3) is 0 Å². The van der Waals surface area contributed by atoms with Gasteiger partial charge in [-0.1, -0.05) is 29.3 Å². The number of likely N-dealkylation sites (tertiary alicyclic amines) is 1. The summed E-state index contributed by atoms with van der Waals surface area (Å²) in [5, 5.41) is 0.948. The molecule has 0 aliphatic carbocycles. The third-order valence-corrected chi connectivity index (χ3v) is 5.21. The average Bonchev–Trinajstić information content (AvgIpc) is 2.60. The highest BCUT2D eigenvalue weighted by Crippen LogP contribution is 2.25. The highest BCUT2D eigenvalue weighted by Gasteiger charge is 2.36. The van der Waals surface area contributed by atoms with Crippen LogP contribution in [0.3, 0.4) is 0 Å². The fraction of sp³-hybridized carbons (Fsp3) is 0.600. The third kappa shape index (κ3) is 6.01. The second-order valence-corrected chi connectivity index (χ2v) is 8.60. The molecule has 1 saturated heterocycles. The van der Waals surface area contributed by atoms with Crippen LogP contribution in [0.5, 0.6) is 0 Å². The van der Waals surface area contributed by atoms with Crippen molar-refractivity contribution in [2.24, 2.45) is 0 Å². The second-order valence-electron chi connectivity index (χ2n) is 7.79. The molecule has 0 radical (unpaired) electrons. The van der Waals surface area contributed by atoms with Gasteiger partial charge in [0.2, 0.25) is 5.91 Å². The van der Waals surface area contributed by atoms with E-state index in [9.17, 15) is 9.59 Å². The molecular weight excluding hydrogens is 387 g/mol. The monoisotopic (exact) mass is 414 g/mol. The molecule has 150 valence electrons. The van der Waals surface area contributed by atoms with Crippen LogP contribution in [0.4, 0.5) is 4.79 Å². The maximum atomic E-state index is 13.2. The number of carbonyl (C=O) groups excluding carboxylic acids is 2. The summed E-state index contributed by atoms with van der Waals surface area (Å²) in [6, 6.07) is 4.87. The number of rotatable bonds is 4. The van der Waals surface area contributed by atoms with Crippen LogP contribution >= 0.6 is 23.2 Å². The summed E-state index contributed by atoms with van der Waals surface area (Å²) in [4.78, 5) is 29.1. The number of nitrogens with zero attached hydrogens (tertiary/aromatic N) is 2. The largest absolute Gasteiger partial charge is 0.444 e. The van der Waals surface area contributed by atoms with Crippen LogP contribution in [0.1, 0.15) is 52.5 Å². The fourth-order valence-electron chi connectivity index (χ4n) is 3.14. The topological polar surface area (TPSA) is 49.9 Å². The first-order valence-electron chi connectivity index (χ1n) is 9.34. The van der Waals surface area contributed by atoms with Gasteiger partial charge in [0.1, 0.15) is 11.6 Å². The molecule has 1 atom stereocenters. The molecule has 2 rings (SSSR count). The normalized spacial score (nSPS) is 17.6. The van der Waals surface area contributed by atoms with Crippen molar-refractivity contribution in [1.29, 1.82) is 0 Å². The Morgan fingerprint density at radius 3 is 2.52 bits per heavy atom. The summed E-state index contributed by atoms with van der Waals surface area (Å²) >= 11 is 12.1. The molecule has 1 fully saturated rings. The molecule has 7 heteroatoms. The van der Waals surface area contributed by atoms with Crippen molar-refractivity contribution in [3.8, 4) is 0 Å². The molecule has 0 bridgehead atoms. The maximum Gasteiger partial charge on any atom is 0.410 e. The van der Waals surface area contributed by atoms with E-state index in [-0.39, 0.29) is 5.91 Å². The van der Waals surface area contributed by atoms with Crippen molar-refractivity contribution < 1.29 is 14.3 Å². The summed E-state index contributed by atoms with van der Waals surface area (Å²) in [5.41, 5.74) is 0.311. The summed E-state index contributed by atoms with van der Waals surface area (Å²) in [7, 11) is 0. The van der Waals surface area contributed by atoms with Gasteiger partial charge in [0.25, 0.3) is 0 Å². The smallest absolute Gasteiger partial charge is 0.410 e. The van der Waals surface area contributed by atoms with E-state index in [1.807, 2.05) is 33.8 Å². The molecule has 0 unspecified atom stereocenters. The minimum absolute atomic E-state index is 0.0610. The van der Waals surface area contributed by atoms with E-state index in [4.69, 9.17) is 27.9 Å². The van der Waals surface area contributed by atoms with E-state index in [1.54, 1.807) is 21.9 Å². The summed E-state index contributed by atoms with van der Waals surface area (Å²) in [5.74, 6) is -0.0610. The fourth-order valence-corrected chi connectivity index (χ4v) is 3.46. The zero-order valence-corrected chi connectivity index (χ0v) is 17.9.